The Balaban J connectivity index is 1.68. The Kier molecular flexibility index (Phi) is 5.36. The highest BCUT2D eigenvalue weighted by Gasteiger charge is 2.26. The van der Waals surface area contributed by atoms with E-state index in [0.29, 0.717) is 26.2 Å². The summed E-state index contributed by atoms with van der Waals surface area (Å²) < 4.78 is 0. The lowest BCUT2D eigenvalue weighted by Crippen LogP contribution is -2.48. The Morgan fingerprint density at radius 2 is 1.67 bits per heavy atom. The fourth-order valence-corrected chi connectivity index (χ4v) is 2.97. The molecule has 1 saturated heterocycles. The van der Waals surface area contributed by atoms with Gasteiger partial charge in [-0.3, -0.25) is 34.9 Å². The first-order chi connectivity index (χ1) is 12.9. The van der Waals surface area contributed by atoms with Crippen LogP contribution in [-0.2, 0) is 6.54 Å². The summed E-state index contributed by atoms with van der Waals surface area (Å²) in [6, 6.07) is 6.86. The number of nitrogens with zero attached hydrogens (tertiary/aromatic N) is 5. The lowest BCUT2D eigenvalue weighted by Gasteiger charge is -2.34. The highest BCUT2D eigenvalue weighted by atomic mass is 16.6. The summed E-state index contributed by atoms with van der Waals surface area (Å²) in [6.07, 6.45) is 3.50. The Bertz CT molecular complexity index is 833. The molecule has 0 atom stereocenters. The average Bonchev–Trinajstić information content (AvgIpc) is 2.68. The Morgan fingerprint density at radius 1 is 1.04 bits per heavy atom. The highest BCUT2D eigenvalue weighted by Crippen LogP contribution is 2.24. The van der Waals surface area contributed by atoms with Gasteiger partial charge < -0.3 is 4.90 Å². The molecule has 0 N–H and O–H groups in total. The van der Waals surface area contributed by atoms with Crippen LogP contribution in [0.5, 0.6) is 0 Å². The van der Waals surface area contributed by atoms with E-state index in [1.54, 1.807) is 17.3 Å². The van der Waals surface area contributed by atoms with Crippen LogP contribution in [0.25, 0.3) is 0 Å². The minimum absolute atomic E-state index is 0.0448. The zero-order chi connectivity index (χ0) is 19.4. The van der Waals surface area contributed by atoms with E-state index in [0.717, 1.165) is 30.3 Å². The molecular formula is C17H17N5O5. The summed E-state index contributed by atoms with van der Waals surface area (Å²) in [6.45, 7) is 2.87. The lowest BCUT2D eigenvalue weighted by atomic mass is 10.1. The minimum atomic E-state index is -0.740. The number of carbonyl (C=O) groups is 1. The van der Waals surface area contributed by atoms with Crippen molar-refractivity contribution in [2.24, 2.45) is 0 Å². The predicted molar refractivity (Wildman–Crippen MR) is 95.2 cm³/mol. The largest absolute Gasteiger partial charge is 0.336 e. The van der Waals surface area contributed by atoms with Crippen LogP contribution in [0.4, 0.5) is 11.4 Å². The molecular weight excluding hydrogens is 354 g/mol. The topological polar surface area (TPSA) is 123 Å². The molecule has 1 amide bonds. The van der Waals surface area contributed by atoms with Gasteiger partial charge in [0.1, 0.15) is 0 Å². The molecule has 2 heterocycles. The van der Waals surface area contributed by atoms with Crippen molar-refractivity contribution < 1.29 is 14.6 Å². The number of carbonyl (C=O) groups excluding carboxylic acids is 1. The number of non-ortho nitro benzene ring substituents is 2. The quantitative estimate of drug-likeness (QED) is 0.580. The minimum Gasteiger partial charge on any atom is -0.336 e. The molecule has 10 heteroatoms. The first-order valence-electron chi connectivity index (χ1n) is 8.28. The van der Waals surface area contributed by atoms with E-state index in [4.69, 9.17) is 0 Å². The van der Waals surface area contributed by atoms with Crippen molar-refractivity contribution in [2.45, 2.75) is 6.54 Å². The SMILES string of the molecule is O=C(c1cc([N+](=O)[O-])cc([N+](=O)[O-])c1)N1CCN(Cc2cccnc2)CC1. The van der Waals surface area contributed by atoms with E-state index in [2.05, 4.69) is 9.88 Å². The van der Waals surface area contributed by atoms with E-state index in [1.807, 2.05) is 12.1 Å². The van der Waals surface area contributed by atoms with Gasteiger partial charge in [0.05, 0.1) is 21.5 Å². The third-order valence-electron chi connectivity index (χ3n) is 4.36. The van der Waals surface area contributed by atoms with Crippen LogP contribution in [0.2, 0.25) is 0 Å². The first kappa shape index (κ1) is 18.4. The molecule has 1 aliphatic rings. The van der Waals surface area contributed by atoms with Gasteiger partial charge in [-0.15, -0.1) is 0 Å². The maximum absolute atomic E-state index is 12.7. The standard InChI is InChI=1S/C17H17N5O5/c23-17(14-8-15(21(24)25)10-16(9-14)22(26)27)20-6-4-19(5-7-20)12-13-2-1-3-18-11-13/h1-3,8-11H,4-7,12H2. The summed E-state index contributed by atoms with van der Waals surface area (Å²) in [5.41, 5.74) is 0.0914. The van der Waals surface area contributed by atoms with Crippen molar-refractivity contribution in [3.63, 3.8) is 0 Å². The van der Waals surface area contributed by atoms with Gasteiger partial charge in [0.2, 0.25) is 0 Å². The molecule has 3 rings (SSSR count). The van der Waals surface area contributed by atoms with Crippen molar-refractivity contribution in [2.75, 3.05) is 26.2 Å². The van der Waals surface area contributed by atoms with Crippen molar-refractivity contribution in [1.82, 2.24) is 14.8 Å². The number of nitro groups is 2. The zero-order valence-electron chi connectivity index (χ0n) is 14.4. The second kappa shape index (κ2) is 7.87. The van der Waals surface area contributed by atoms with E-state index >= 15 is 0 Å². The third kappa shape index (κ3) is 4.42. The van der Waals surface area contributed by atoms with Crippen LogP contribution in [0, 0.1) is 20.2 Å². The van der Waals surface area contributed by atoms with Gasteiger partial charge in [-0.2, -0.15) is 0 Å². The van der Waals surface area contributed by atoms with Crippen LogP contribution >= 0.6 is 0 Å². The molecule has 1 fully saturated rings. The van der Waals surface area contributed by atoms with Gasteiger partial charge in [0.15, 0.2) is 0 Å². The summed E-state index contributed by atoms with van der Waals surface area (Å²) in [7, 11) is 0. The average molecular weight is 371 g/mol. The number of rotatable bonds is 5. The Hall–Kier alpha value is -3.40. The van der Waals surface area contributed by atoms with Crippen LogP contribution < -0.4 is 0 Å². The molecule has 0 saturated carbocycles. The first-order valence-corrected chi connectivity index (χ1v) is 8.28. The summed E-state index contributed by atoms with van der Waals surface area (Å²) in [5.74, 6) is -0.442. The molecule has 0 bridgehead atoms. The molecule has 2 aromatic rings. The molecule has 1 aromatic heterocycles. The monoisotopic (exact) mass is 371 g/mol. The van der Waals surface area contributed by atoms with Crippen LogP contribution in [0.15, 0.2) is 42.7 Å². The van der Waals surface area contributed by atoms with Gasteiger partial charge in [-0.1, -0.05) is 6.07 Å². The predicted octanol–water partition coefficient (Wildman–Crippen LogP) is 1.86. The molecule has 27 heavy (non-hydrogen) atoms. The van der Waals surface area contributed by atoms with Crippen molar-refractivity contribution >= 4 is 17.3 Å². The van der Waals surface area contributed by atoms with Crippen molar-refractivity contribution in [1.29, 1.82) is 0 Å². The van der Waals surface area contributed by atoms with Crippen molar-refractivity contribution in [3.8, 4) is 0 Å². The number of nitro benzene ring substituents is 2. The normalized spacial score (nSPS) is 14.7. The highest BCUT2D eigenvalue weighted by molar-refractivity contribution is 5.95. The molecule has 0 aliphatic carbocycles. The van der Waals surface area contributed by atoms with Crippen LogP contribution in [0.1, 0.15) is 15.9 Å². The number of hydrogen-bond acceptors (Lipinski definition) is 7. The van der Waals surface area contributed by atoms with Crippen LogP contribution in [0.3, 0.4) is 0 Å². The van der Waals surface area contributed by atoms with E-state index in [1.165, 1.54) is 0 Å². The maximum Gasteiger partial charge on any atom is 0.277 e. The summed E-state index contributed by atoms with van der Waals surface area (Å²) in [5, 5.41) is 22.0. The maximum atomic E-state index is 12.7. The smallest absolute Gasteiger partial charge is 0.277 e. The molecule has 140 valence electrons. The molecule has 0 unspecified atom stereocenters. The molecule has 10 nitrogen and oxygen atoms in total. The molecule has 0 radical (unpaired) electrons. The number of aromatic nitrogens is 1. The van der Waals surface area contributed by atoms with Gasteiger partial charge >= 0.3 is 0 Å². The van der Waals surface area contributed by atoms with Gasteiger partial charge in [-0.05, 0) is 11.6 Å². The second-order valence-corrected chi connectivity index (χ2v) is 6.18. The summed E-state index contributed by atoms with van der Waals surface area (Å²) in [4.78, 5) is 41.0. The Morgan fingerprint density at radius 3 is 2.19 bits per heavy atom. The zero-order valence-corrected chi connectivity index (χ0v) is 14.4. The number of piperazine rings is 1. The number of benzene rings is 1. The fraction of sp³-hybridized carbons (Fsp3) is 0.294. The number of amides is 1. The van der Waals surface area contributed by atoms with E-state index in [-0.39, 0.29) is 5.56 Å². The molecule has 0 spiro atoms. The molecule has 1 aromatic carbocycles. The third-order valence-corrected chi connectivity index (χ3v) is 4.36. The van der Waals surface area contributed by atoms with Gasteiger partial charge in [-0.25, -0.2) is 0 Å². The lowest BCUT2D eigenvalue weighted by molar-refractivity contribution is -0.394. The second-order valence-electron chi connectivity index (χ2n) is 6.18. The molecule has 1 aliphatic heterocycles. The van der Waals surface area contributed by atoms with E-state index < -0.39 is 27.1 Å². The fourth-order valence-electron chi connectivity index (χ4n) is 2.97. The van der Waals surface area contributed by atoms with Gasteiger partial charge in [0, 0.05) is 57.3 Å². The van der Waals surface area contributed by atoms with E-state index in [9.17, 15) is 25.0 Å². The van der Waals surface area contributed by atoms with Crippen molar-refractivity contribution in [3.05, 3.63) is 74.1 Å². The Labute approximate surface area is 154 Å². The number of hydrogen-bond donors (Lipinski definition) is 0. The summed E-state index contributed by atoms with van der Waals surface area (Å²) >= 11 is 0. The van der Waals surface area contributed by atoms with Crippen LogP contribution in [-0.4, -0.2) is 56.7 Å². The van der Waals surface area contributed by atoms with Gasteiger partial charge in [0.25, 0.3) is 17.3 Å². The number of pyridine rings is 1.